The van der Waals surface area contributed by atoms with Gasteiger partial charge in [0.15, 0.2) is 5.69 Å². The molecule has 0 atom stereocenters. The number of methoxy groups -OCH3 is 1. The Balaban J connectivity index is 2.63. The number of hydrogen-bond acceptors (Lipinski definition) is 3. The lowest BCUT2D eigenvalue weighted by Gasteiger charge is -2.14. The van der Waals surface area contributed by atoms with Crippen LogP contribution in [0.15, 0.2) is 24.4 Å². The quantitative estimate of drug-likeness (QED) is 0.938. The highest BCUT2D eigenvalue weighted by molar-refractivity contribution is 5.66. The average molecular weight is 313 g/mol. The van der Waals surface area contributed by atoms with E-state index in [9.17, 15) is 13.2 Å². The third-order valence-corrected chi connectivity index (χ3v) is 3.32. The molecule has 0 amide bonds. The summed E-state index contributed by atoms with van der Waals surface area (Å²) in [4.78, 5) is 3.76. The molecule has 2 aromatic rings. The highest BCUT2D eigenvalue weighted by Crippen LogP contribution is 2.36. The number of benzene rings is 1. The SMILES string of the molecule is COc1cc(CN)ccc1-c1nc(C(F)(F)F)cn1C(C)C. The van der Waals surface area contributed by atoms with Crippen molar-refractivity contribution in [2.24, 2.45) is 5.73 Å². The molecule has 7 heteroatoms. The molecule has 0 saturated heterocycles. The van der Waals surface area contributed by atoms with Crippen molar-refractivity contribution < 1.29 is 17.9 Å². The van der Waals surface area contributed by atoms with Gasteiger partial charge in [0, 0.05) is 18.8 Å². The molecule has 0 fully saturated rings. The lowest BCUT2D eigenvalue weighted by atomic mass is 10.1. The predicted octanol–water partition coefficient (Wildman–Crippen LogP) is 3.62. The van der Waals surface area contributed by atoms with Crippen LogP contribution in [0.25, 0.3) is 11.4 Å². The Bertz CT molecular complexity index is 663. The lowest BCUT2D eigenvalue weighted by molar-refractivity contribution is -0.140. The molecular weight excluding hydrogens is 295 g/mol. The first-order valence-electron chi connectivity index (χ1n) is 6.81. The minimum absolute atomic E-state index is 0.169. The van der Waals surface area contributed by atoms with E-state index in [0.29, 0.717) is 17.9 Å². The van der Waals surface area contributed by atoms with Crippen molar-refractivity contribution in [2.45, 2.75) is 32.6 Å². The van der Waals surface area contributed by atoms with Crippen LogP contribution in [0, 0.1) is 0 Å². The van der Waals surface area contributed by atoms with Gasteiger partial charge in [-0.05, 0) is 31.5 Å². The lowest BCUT2D eigenvalue weighted by Crippen LogP contribution is -2.05. The van der Waals surface area contributed by atoms with E-state index in [1.165, 1.54) is 11.7 Å². The van der Waals surface area contributed by atoms with Crippen LogP contribution in [0.5, 0.6) is 5.75 Å². The molecule has 1 aromatic heterocycles. The van der Waals surface area contributed by atoms with Crippen LogP contribution in [0.1, 0.15) is 31.1 Å². The van der Waals surface area contributed by atoms with Crippen molar-refractivity contribution in [3.63, 3.8) is 0 Å². The summed E-state index contributed by atoms with van der Waals surface area (Å²) < 4.78 is 45.6. The number of halogens is 3. The van der Waals surface area contributed by atoms with Crippen LogP contribution >= 0.6 is 0 Å². The predicted molar refractivity (Wildman–Crippen MR) is 77.5 cm³/mol. The Morgan fingerprint density at radius 2 is 2.00 bits per heavy atom. The van der Waals surface area contributed by atoms with E-state index < -0.39 is 11.9 Å². The van der Waals surface area contributed by atoms with Gasteiger partial charge in [0.25, 0.3) is 0 Å². The third-order valence-electron chi connectivity index (χ3n) is 3.32. The van der Waals surface area contributed by atoms with Gasteiger partial charge in [0.05, 0.1) is 12.7 Å². The van der Waals surface area contributed by atoms with Crippen molar-refractivity contribution in [1.82, 2.24) is 9.55 Å². The van der Waals surface area contributed by atoms with E-state index >= 15 is 0 Å². The smallest absolute Gasteiger partial charge is 0.434 e. The molecule has 0 aliphatic carbocycles. The van der Waals surface area contributed by atoms with Crippen LogP contribution in [0.2, 0.25) is 0 Å². The fourth-order valence-electron chi connectivity index (χ4n) is 2.17. The summed E-state index contributed by atoms with van der Waals surface area (Å²) in [5.41, 5.74) is 6.00. The number of nitrogens with zero attached hydrogens (tertiary/aromatic N) is 2. The molecule has 0 bridgehead atoms. The molecule has 4 nitrogen and oxygen atoms in total. The summed E-state index contributed by atoms with van der Waals surface area (Å²) in [7, 11) is 1.46. The summed E-state index contributed by atoms with van der Waals surface area (Å²) in [5.74, 6) is 0.673. The van der Waals surface area contributed by atoms with Gasteiger partial charge in [-0.25, -0.2) is 4.98 Å². The number of ether oxygens (including phenoxy) is 1. The van der Waals surface area contributed by atoms with Gasteiger partial charge in [-0.1, -0.05) is 6.07 Å². The van der Waals surface area contributed by atoms with E-state index in [4.69, 9.17) is 10.5 Å². The number of imidazole rings is 1. The molecule has 120 valence electrons. The third kappa shape index (κ3) is 3.09. The maximum atomic E-state index is 12.9. The largest absolute Gasteiger partial charge is 0.496 e. The second kappa shape index (κ2) is 6.00. The molecule has 0 radical (unpaired) electrons. The normalized spacial score (nSPS) is 12.0. The summed E-state index contributed by atoms with van der Waals surface area (Å²) in [6.07, 6.45) is -3.46. The standard InChI is InChI=1S/C15H18F3N3O/c1-9(2)21-8-13(15(16,17)18)20-14(21)11-5-4-10(7-19)6-12(11)22-3/h4-6,8-9H,7,19H2,1-3H3. The summed E-state index contributed by atoms with van der Waals surface area (Å²) in [5, 5.41) is 0. The maximum absolute atomic E-state index is 12.9. The number of rotatable bonds is 4. The first-order valence-corrected chi connectivity index (χ1v) is 6.81. The molecule has 0 aliphatic rings. The average Bonchev–Trinajstić information content (AvgIpc) is 2.91. The minimum Gasteiger partial charge on any atom is -0.496 e. The van der Waals surface area contributed by atoms with E-state index in [1.54, 1.807) is 32.0 Å². The summed E-state index contributed by atoms with van der Waals surface area (Å²) >= 11 is 0. The van der Waals surface area contributed by atoms with E-state index in [1.807, 2.05) is 0 Å². The Kier molecular flexibility index (Phi) is 4.46. The van der Waals surface area contributed by atoms with Crippen LogP contribution in [0.4, 0.5) is 13.2 Å². The molecule has 0 spiro atoms. The van der Waals surface area contributed by atoms with Crippen molar-refractivity contribution >= 4 is 0 Å². The van der Waals surface area contributed by atoms with Crippen molar-refractivity contribution in [3.05, 3.63) is 35.7 Å². The fourth-order valence-corrected chi connectivity index (χ4v) is 2.17. The monoisotopic (exact) mass is 313 g/mol. The topological polar surface area (TPSA) is 53.1 Å². The minimum atomic E-state index is -4.49. The zero-order valence-electron chi connectivity index (χ0n) is 12.6. The number of aromatic nitrogens is 2. The fraction of sp³-hybridized carbons (Fsp3) is 0.400. The van der Waals surface area contributed by atoms with Gasteiger partial charge in [0.2, 0.25) is 0 Å². The van der Waals surface area contributed by atoms with Crippen LogP contribution < -0.4 is 10.5 Å². The maximum Gasteiger partial charge on any atom is 0.434 e. The number of hydrogen-bond donors (Lipinski definition) is 1. The molecule has 0 saturated carbocycles. The van der Waals surface area contributed by atoms with Gasteiger partial charge in [-0.3, -0.25) is 0 Å². The van der Waals surface area contributed by atoms with Crippen LogP contribution in [-0.4, -0.2) is 16.7 Å². The highest BCUT2D eigenvalue weighted by Gasteiger charge is 2.35. The molecule has 0 unspecified atom stereocenters. The van der Waals surface area contributed by atoms with Crippen molar-refractivity contribution in [1.29, 1.82) is 0 Å². The first kappa shape index (κ1) is 16.4. The number of alkyl halides is 3. The second-order valence-corrected chi connectivity index (χ2v) is 5.19. The molecule has 2 rings (SSSR count). The molecule has 1 heterocycles. The molecule has 0 aliphatic heterocycles. The summed E-state index contributed by atoms with van der Waals surface area (Å²) in [6, 6.07) is 4.98. The zero-order valence-corrected chi connectivity index (χ0v) is 12.6. The molecular formula is C15H18F3N3O. The van der Waals surface area contributed by atoms with Gasteiger partial charge in [-0.2, -0.15) is 13.2 Å². The molecule has 22 heavy (non-hydrogen) atoms. The Hall–Kier alpha value is -2.02. The Morgan fingerprint density at radius 3 is 2.50 bits per heavy atom. The Labute approximate surface area is 126 Å². The van der Waals surface area contributed by atoms with Crippen LogP contribution in [-0.2, 0) is 12.7 Å². The number of nitrogens with two attached hydrogens (primary N) is 1. The summed E-state index contributed by atoms with van der Waals surface area (Å²) in [6.45, 7) is 3.92. The van der Waals surface area contributed by atoms with Crippen molar-refractivity contribution in [2.75, 3.05) is 7.11 Å². The van der Waals surface area contributed by atoms with Gasteiger partial charge < -0.3 is 15.0 Å². The zero-order chi connectivity index (χ0) is 16.5. The second-order valence-electron chi connectivity index (χ2n) is 5.19. The van der Waals surface area contributed by atoms with Crippen molar-refractivity contribution in [3.8, 4) is 17.1 Å². The van der Waals surface area contributed by atoms with Gasteiger partial charge in [-0.15, -0.1) is 0 Å². The highest BCUT2D eigenvalue weighted by atomic mass is 19.4. The Morgan fingerprint density at radius 1 is 1.32 bits per heavy atom. The molecule has 1 aromatic carbocycles. The van der Waals surface area contributed by atoms with Gasteiger partial charge in [0.1, 0.15) is 11.6 Å². The van der Waals surface area contributed by atoms with E-state index in [-0.39, 0.29) is 11.9 Å². The van der Waals surface area contributed by atoms with Crippen LogP contribution in [0.3, 0.4) is 0 Å². The first-order chi connectivity index (χ1) is 10.3. The van der Waals surface area contributed by atoms with E-state index in [2.05, 4.69) is 4.98 Å². The molecule has 2 N–H and O–H groups in total. The van der Waals surface area contributed by atoms with Gasteiger partial charge >= 0.3 is 6.18 Å². The van der Waals surface area contributed by atoms with E-state index in [0.717, 1.165) is 11.8 Å².